The van der Waals surface area contributed by atoms with E-state index in [0.717, 1.165) is 0 Å². The van der Waals surface area contributed by atoms with E-state index in [1.807, 2.05) is 12.1 Å². The van der Waals surface area contributed by atoms with Crippen molar-refractivity contribution in [2.24, 2.45) is 0 Å². The summed E-state index contributed by atoms with van der Waals surface area (Å²) in [5, 5.41) is 0.705. The minimum Gasteiger partial charge on any atom is -0.493 e. The number of halogens is 2. The summed E-state index contributed by atoms with van der Waals surface area (Å²) in [5.41, 5.74) is 6.11. The standard InChI is InChI=1S/C13H11Cl2NO2/c1-17-11-4-2-3-5-12(11)18-13-9(14)6-8(16)7-10(13)15/h2-7H,16H2,1H3. The highest BCUT2D eigenvalue weighted by atomic mass is 35.5. The molecule has 2 aromatic carbocycles. The molecule has 94 valence electrons. The number of nitrogens with two attached hydrogens (primary N) is 1. The molecule has 5 heteroatoms. The van der Waals surface area contributed by atoms with Crippen LogP contribution in [-0.2, 0) is 0 Å². The van der Waals surface area contributed by atoms with E-state index in [2.05, 4.69) is 0 Å². The Balaban J connectivity index is 2.40. The van der Waals surface area contributed by atoms with Crippen LogP contribution in [0.25, 0.3) is 0 Å². The molecule has 0 aromatic heterocycles. The second kappa shape index (κ2) is 5.38. The fourth-order valence-electron chi connectivity index (χ4n) is 1.49. The van der Waals surface area contributed by atoms with Crippen LogP contribution in [0.5, 0.6) is 17.2 Å². The molecule has 0 saturated carbocycles. The van der Waals surface area contributed by atoms with Crippen LogP contribution in [0.3, 0.4) is 0 Å². The molecule has 0 bridgehead atoms. The molecule has 0 radical (unpaired) electrons. The maximum atomic E-state index is 6.05. The van der Waals surface area contributed by atoms with Crippen LogP contribution in [0.1, 0.15) is 0 Å². The van der Waals surface area contributed by atoms with Crippen molar-refractivity contribution in [2.75, 3.05) is 12.8 Å². The smallest absolute Gasteiger partial charge is 0.169 e. The molecule has 0 saturated heterocycles. The van der Waals surface area contributed by atoms with E-state index in [1.54, 1.807) is 31.4 Å². The van der Waals surface area contributed by atoms with Gasteiger partial charge in [-0.1, -0.05) is 35.3 Å². The van der Waals surface area contributed by atoms with Crippen molar-refractivity contribution in [3.63, 3.8) is 0 Å². The van der Waals surface area contributed by atoms with Crippen molar-refractivity contribution >= 4 is 28.9 Å². The largest absolute Gasteiger partial charge is 0.493 e. The van der Waals surface area contributed by atoms with Crippen molar-refractivity contribution in [3.8, 4) is 17.2 Å². The molecule has 0 aliphatic heterocycles. The lowest BCUT2D eigenvalue weighted by atomic mass is 10.3. The molecule has 0 spiro atoms. The average Bonchev–Trinajstić information content (AvgIpc) is 2.34. The third-order valence-corrected chi connectivity index (χ3v) is 2.86. The van der Waals surface area contributed by atoms with Gasteiger partial charge in [-0.15, -0.1) is 0 Å². The Bertz CT molecular complexity index is 550. The van der Waals surface area contributed by atoms with Crippen LogP contribution < -0.4 is 15.2 Å². The molecule has 18 heavy (non-hydrogen) atoms. The summed E-state index contributed by atoms with van der Waals surface area (Å²) in [4.78, 5) is 0. The van der Waals surface area contributed by atoms with Crippen molar-refractivity contribution in [1.82, 2.24) is 0 Å². The number of benzene rings is 2. The number of hydrogen-bond acceptors (Lipinski definition) is 3. The Hall–Kier alpha value is -1.58. The predicted molar refractivity (Wildman–Crippen MR) is 73.9 cm³/mol. The monoisotopic (exact) mass is 283 g/mol. The number of hydrogen-bond donors (Lipinski definition) is 1. The van der Waals surface area contributed by atoms with Crippen molar-refractivity contribution in [2.45, 2.75) is 0 Å². The summed E-state index contributed by atoms with van der Waals surface area (Å²) in [6, 6.07) is 10.4. The molecule has 0 aliphatic rings. The fourth-order valence-corrected chi connectivity index (χ4v) is 2.07. The van der Waals surface area contributed by atoms with E-state index in [1.165, 1.54) is 0 Å². The molecule has 0 atom stereocenters. The van der Waals surface area contributed by atoms with Crippen molar-refractivity contribution in [3.05, 3.63) is 46.4 Å². The predicted octanol–water partition coefficient (Wildman–Crippen LogP) is 4.38. The van der Waals surface area contributed by atoms with Crippen LogP contribution in [0.4, 0.5) is 5.69 Å². The number of para-hydroxylation sites is 2. The highest BCUT2D eigenvalue weighted by molar-refractivity contribution is 6.37. The van der Waals surface area contributed by atoms with Gasteiger partial charge in [0.15, 0.2) is 17.2 Å². The first-order chi connectivity index (χ1) is 8.61. The fraction of sp³-hybridized carbons (Fsp3) is 0.0769. The molecule has 0 heterocycles. The number of nitrogen functional groups attached to an aromatic ring is 1. The van der Waals surface area contributed by atoms with Gasteiger partial charge in [0, 0.05) is 5.69 Å². The molecule has 2 aromatic rings. The van der Waals surface area contributed by atoms with Crippen LogP contribution >= 0.6 is 23.2 Å². The van der Waals surface area contributed by atoms with Gasteiger partial charge >= 0.3 is 0 Å². The molecule has 2 N–H and O–H groups in total. The summed E-state index contributed by atoms with van der Waals surface area (Å²) in [7, 11) is 1.56. The van der Waals surface area contributed by atoms with Gasteiger partial charge in [-0.05, 0) is 24.3 Å². The molecule has 2 rings (SSSR count). The quantitative estimate of drug-likeness (QED) is 0.851. The van der Waals surface area contributed by atoms with Gasteiger partial charge in [-0.25, -0.2) is 0 Å². The molecule has 0 amide bonds. The lowest BCUT2D eigenvalue weighted by Crippen LogP contribution is -1.92. The summed E-state index contributed by atoms with van der Waals surface area (Å²) >= 11 is 12.1. The van der Waals surface area contributed by atoms with Gasteiger partial charge in [0.05, 0.1) is 17.2 Å². The summed E-state index contributed by atoms with van der Waals surface area (Å²) in [5.74, 6) is 1.49. The molecular formula is C13H11Cl2NO2. The second-order valence-electron chi connectivity index (χ2n) is 3.57. The zero-order valence-corrected chi connectivity index (χ0v) is 11.1. The first-order valence-electron chi connectivity index (χ1n) is 5.17. The number of anilines is 1. The summed E-state index contributed by atoms with van der Waals surface area (Å²) < 4.78 is 10.9. The molecule has 3 nitrogen and oxygen atoms in total. The van der Waals surface area contributed by atoms with Gasteiger partial charge in [-0.2, -0.15) is 0 Å². The third kappa shape index (κ3) is 2.63. The maximum absolute atomic E-state index is 6.05. The minimum absolute atomic E-state index is 0.353. The Labute approximate surface area is 115 Å². The van der Waals surface area contributed by atoms with E-state index < -0.39 is 0 Å². The first-order valence-corrected chi connectivity index (χ1v) is 5.93. The zero-order valence-electron chi connectivity index (χ0n) is 9.61. The van der Waals surface area contributed by atoms with Crippen molar-refractivity contribution in [1.29, 1.82) is 0 Å². The van der Waals surface area contributed by atoms with Gasteiger partial charge in [0.2, 0.25) is 0 Å². The van der Waals surface area contributed by atoms with E-state index >= 15 is 0 Å². The number of methoxy groups -OCH3 is 1. The average molecular weight is 284 g/mol. The van der Waals surface area contributed by atoms with E-state index in [-0.39, 0.29) is 0 Å². The van der Waals surface area contributed by atoms with Crippen molar-refractivity contribution < 1.29 is 9.47 Å². The normalized spacial score (nSPS) is 10.2. The Morgan fingerprint density at radius 3 is 2.11 bits per heavy atom. The Morgan fingerprint density at radius 1 is 1.00 bits per heavy atom. The number of rotatable bonds is 3. The lowest BCUT2D eigenvalue weighted by Gasteiger charge is -2.12. The molecule has 0 unspecified atom stereocenters. The Kier molecular flexibility index (Phi) is 3.84. The topological polar surface area (TPSA) is 44.5 Å². The van der Waals surface area contributed by atoms with E-state index in [9.17, 15) is 0 Å². The van der Waals surface area contributed by atoms with E-state index in [0.29, 0.717) is 33.0 Å². The highest BCUT2D eigenvalue weighted by Gasteiger charge is 2.12. The van der Waals surface area contributed by atoms with Gasteiger partial charge < -0.3 is 15.2 Å². The SMILES string of the molecule is COc1ccccc1Oc1c(Cl)cc(N)cc1Cl. The Morgan fingerprint density at radius 2 is 1.56 bits per heavy atom. The van der Waals surface area contributed by atoms with Gasteiger partial charge in [-0.3, -0.25) is 0 Å². The summed E-state index contributed by atoms with van der Waals surface area (Å²) in [6.07, 6.45) is 0. The van der Waals surface area contributed by atoms with Gasteiger partial charge in [0.25, 0.3) is 0 Å². The number of ether oxygens (including phenoxy) is 2. The van der Waals surface area contributed by atoms with Crippen LogP contribution in [0.15, 0.2) is 36.4 Å². The zero-order chi connectivity index (χ0) is 13.1. The first kappa shape index (κ1) is 12.9. The minimum atomic E-state index is 0.353. The van der Waals surface area contributed by atoms with Crippen LogP contribution in [-0.4, -0.2) is 7.11 Å². The third-order valence-electron chi connectivity index (χ3n) is 2.30. The molecule has 0 fully saturated rings. The van der Waals surface area contributed by atoms with Gasteiger partial charge in [0.1, 0.15) is 0 Å². The van der Waals surface area contributed by atoms with E-state index in [4.69, 9.17) is 38.4 Å². The lowest BCUT2D eigenvalue weighted by molar-refractivity contribution is 0.379. The van der Waals surface area contributed by atoms with Crippen LogP contribution in [0.2, 0.25) is 10.0 Å². The highest BCUT2D eigenvalue weighted by Crippen LogP contribution is 2.40. The molecule has 0 aliphatic carbocycles. The van der Waals surface area contributed by atoms with Crippen LogP contribution in [0, 0.1) is 0 Å². The molecular weight excluding hydrogens is 273 g/mol. The maximum Gasteiger partial charge on any atom is 0.169 e. The second-order valence-corrected chi connectivity index (χ2v) is 4.38. The summed E-state index contributed by atoms with van der Waals surface area (Å²) in [6.45, 7) is 0.